The van der Waals surface area contributed by atoms with Gasteiger partial charge in [-0.1, -0.05) is 6.07 Å². The van der Waals surface area contributed by atoms with E-state index in [0.29, 0.717) is 28.8 Å². The Morgan fingerprint density at radius 3 is 2.74 bits per heavy atom. The molecule has 2 rings (SSSR count). The third kappa shape index (κ3) is 3.35. The minimum atomic E-state index is -0.0452. The minimum Gasteiger partial charge on any atom is -0.493 e. The summed E-state index contributed by atoms with van der Waals surface area (Å²) >= 11 is 0. The average molecular weight is 308 g/mol. The third-order valence-corrected chi connectivity index (χ3v) is 3.34. The van der Waals surface area contributed by atoms with Crippen LogP contribution in [0, 0.1) is 18.3 Å². The summed E-state index contributed by atoms with van der Waals surface area (Å²) in [4.78, 5) is 14.7. The highest BCUT2D eigenvalue weighted by molar-refractivity contribution is 5.86. The number of aldehydes is 1. The molecule has 0 atom stereocenters. The summed E-state index contributed by atoms with van der Waals surface area (Å²) < 4.78 is 1.29. The Morgan fingerprint density at radius 2 is 2.13 bits per heavy atom. The van der Waals surface area contributed by atoms with Crippen LogP contribution in [0.4, 0.5) is 0 Å². The molecule has 116 valence electrons. The van der Waals surface area contributed by atoms with E-state index in [9.17, 15) is 9.90 Å². The molecule has 0 saturated heterocycles. The van der Waals surface area contributed by atoms with E-state index < -0.39 is 0 Å². The first kappa shape index (κ1) is 16.2. The first-order valence-corrected chi connectivity index (χ1v) is 6.92. The number of aryl methyl sites for hydroxylation is 1. The smallest absolute Gasteiger partial charge is 0.223 e. The molecule has 0 aliphatic rings. The number of aliphatic imine (C=N–C) groups is 1. The van der Waals surface area contributed by atoms with Crippen molar-refractivity contribution in [3.63, 3.8) is 0 Å². The zero-order chi connectivity index (χ0) is 17.0. The number of aromatic hydroxyl groups is 1. The van der Waals surface area contributed by atoms with Crippen molar-refractivity contribution in [2.24, 2.45) is 4.99 Å². The molecule has 0 spiro atoms. The molecule has 0 unspecified atom stereocenters. The van der Waals surface area contributed by atoms with Gasteiger partial charge in [0.1, 0.15) is 12.1 Å². The lowest BCUT2D eigenvalue weighted by atomic mass is 10.0. The van der Waals surface area contributed by atoms with Crippen molar-refractivity contribution in [2.45, 2.75) is 20.8 Å². The molecule has 0 aliphatic carbocycles. The predicted molar refractivity (Wildman–Crippen MR) is 87.1 cm³/mol. The summed E-state index contributed by atoms with van der Waals surface area (Å²) in [6.07, 6.45) is 3.65. The monoisotopic (exact) mass is 308 g/mol. The Balaban J connectivity index is 2.44. The number of nitriles is 1. The second-order valence-electron chi connectivity index (χ2n) is 5.10. The average Bonchev–Trinajstić information content (AvgIpc) is 2.93. The number of carbonyl (C=O) groups excluding carboxylic acids is 1. The maximum absolute atomic E-state index is 10.6. The normalized spacial score (nSPS) is 12.1. The van der Waals surface area contributed by atoms with Gasteiger partial charge in [-0.25, -0.2) is 4.99 Å². The Morgan fingerprint density at radius 1 is 1.39 bits per heavy atom. The molecule has 2 aromatic rings. The van der Waals surface area contributed by atoms with E-state index in [1.807, 2.05) is 6.92 Å². The molecule has 1 heterocycles. The Bertz CT molecular complexity index is 854. The SMILES string of the molecule is C/C(C=O)=C\N=C(/C)n1ncc(-c2ccc(C#N)cc2C)c1O. The minimum absolute atomic E-state index is 0.0452. The number of carbonyl (C=O) groups is 1. The van der Waals surface area contributed by atoms with Gasteiger partial charge in [0, 0.05) is 11.8 Å². The number of rotatable bonds is 3. The van der Waals surface area contributed by atoms with Crippen LogP contribution in [0.5, 0.6) is 5.88 Å². The second kappa shape index (κ2) is 6.71. The zero-order valence-electron chi connectivity index (χ0n) is 13.1. The van der Waals surface area contributed by atoms with E-state index in [1.54, 1.807) is 38.2 Å². The summed E-state index contributed by atoms with van der Waals surface area (Å²) in [5.41, 5.74) is 3.24. The van der Waals surface area contributed by atoms with Crippen LogP contribution in [0.1, 0.15) is 25.0 Å². The highest BCUT2D eigenvalue weighted by Crippen LogP contribution is 2.31. The van der Waals surface area contributed by atoms with Crippen molar-refractivity contribution in [3.8, 4) is 23.1 Å². The van der Waals surface area contributed by atoms with Gasteiger partial charge >= 0.3 is 0 Å². The quantitative estimate of drug-likeness (QED) is 0.408. The number of benzene rings is 1. The summed E-state index contributed by atoms with van der Waals surface area (Å²) in [5.74, 6) is 0.387. The van der Waals surface area contributed by atoms with E-state index in [4.69, 9.17) is 5.26 Å². The summed E-state index contributed by atoms with van der Waals surface area (Å²) in [5, 5.41) is 23.4. The number of hydrogen-bond acceptors (Lipinski definition) is 5. The molecule has 1 aromatic carbocycles. The third-order valence-electron chi connectivity index (χ3n) is 3.34. The maximum atomic E-state index is 10.6. The fourth-order valence-electron chi connectivity index (χ4n) is 2.08. The van der Waals surface area contributed by atoms with Crippen LogP contribution >= 0.6 is 0 Å². The molecule has 0 aliphatic heterocycles. The Labute approximate surface area is 134 Å². The van der Waals surface area contributed by atoms with Crippen LogP contribution in [0.25, 0.3) is 11.1 Å². The van der Waals surface area contributed by atoms with Crippen molar-refractivity contribution in [2.75, 3.05) is 0 Å². The molecule has 1 N–H and O–H groups in total. The van der Waals surface area contributed by atoms with Crippen LogP contribution < -0.4 is 0 Å². The highest BCUT2D eigenvalue weighted by atomic mass is 16.3. The van der Waals surface area contributed by atoms with Gasteiger partial charge in [-0.15, -0.1) is 0 Å². The van der Waals surface area contributed by atoms with Gasteiger partial charge in [0.2, 0.25) is 5.88 Å². The van der Waals surface area contributed by atoms with Crippen molar-refractivity contribution < 1.29 is 9.90 Å². The van der Waals surface area contributed by atoms with E-state index in [2.05, 4.69) is 16.2 Å². The molecule has 0 fully saturated rings. The lowest BCUT2D eigenvalue weighted by Crippen LogP contribution is -2.08. The Hall–Kier alpha value is -3.20. The molecular weight excluding hydrogens is 292 g/mol. The van der Waals surface area contributed by atoms with Crippen LogP contribution in [0.15, 0.2) is 41.2 Å². The van der Waals surface area contributed by atoms with Crippen LogP contribution in [-0.2, 0) is 4.79 Å². The van der Waals surface area contributed by atoms with Crippen molar-refractivity contribution in [1.82, 2.24) is 9.78 Å². The molecule has 6 heteroatoms. The molecule has 0 bridgehead atoms. The maximum Gasteiger partial charge on any atom is 0.223 e. The molecule has 0 radical (unpaired) electrons. The topological polar surface area (TPSA) is 91.3 Å². The number of hydrogen-bond donors (Lipinski definition) is 1. The molecular formula is C17H16N4O2. The number of aromatic nitrogens is 2. The van der Waals surface area contributed by atoms with E-state index >= 15 is 0 Å². The lowest BCUT2D eigenvalue weighted by Gasteiger charge is -2.06. The fraction of sp³-hybridized carbons (Fsp3) is 0.176. The van der Waals surface area contributed by atoms with Crippen molar-refractivity contribution in [3.05, 3.63) is 47.3 Å². The molecule has 0 amide bonds. The predicted octanol–water partition coefficient (Wildman–Crippen LogP) is 2.81. The van der Waals surface area contributed by atoms with Crippen molar-refractivity contribution >= 4 is 12.1 Å². The van der Waals surface area contributed by atoms with E-state index in [-0.39, 0.29) is 5.88 Å². The van der Waals surface area contributed by atoms with Crippen LogP contribution in [-0.4, -0.2) is 27.0 Å². The summed E-state index contributed by atoms with van der Waals surface area (Å²) in [6.45, 7) is 5.18. The number of nitrogens with zero attached hydrogens (tertiary/aromatic N) is 4. The first-order valence-electron chi connectivity index (χ1n) is 6.92. The van der Waals surface area contributed by atoms with Gasteiger partial charge in [0.25, 0.3) is 0 Å². The fourth-order valence-corrected chi connectivity index (χ4v) is 2.08. The largest absolute Gasteiger partial charge is 0.493 e. The molecule has 23 heavy (non-hydrogen) atoms. The highest BCUT2D eigenvalue weighted by Gasteiger charge is 2.15. The number of allylic oxidation sites excluding steroid dienone is 1. The van der Waals surface area contributed by atoms with Gasteiger partial charge in [0.15, 0.2) is 0 Å². The van der Waals surface area contributed by atoms with Gasteiger partial charge in [0.05, 0.1) is 23.4 Å². The Kier molecular flexibility index (Phi) is 4.72. The first-order chi connectivity index (χ1) is 11.0. The van der Waals surface area contributed by atoms with Gasteiger partial charge < -0.3 is 5.11 Å². The molecule has 1 aromatic heterocycles. The summed E-state index contributed by atoms with van der Waals surface area (Å²) in [7, 11) is 0. The standard InChI is InChI=1S/C17H16N4O2/c1-11(10-22)8-19-13(3)21-17(23)16(9-20-21)15-5-4-14(7-18)6-12(15)2/h4-6,8-10,23H,1-3H3/b11-8+,19-13+. The molecule has 0 saturated carbocycles. The lowest BCUT2D eigenvalue weighted by molar-refractivity contribution is -0.104. The second-order valence-corrected chi connectivity index (χ2v) is 5.10. The summed E-state index contributed by atoms with van der Waals surface area (Å²) in [6, 6.07) is 7.30. The van der Waals surface area contributed by atoms with Gasteiger partial charge in [-0.2, -0.15) is 15.0 Å². The van der Waals surface area contributed by atoms with Crippen LogP contribution in [0.3, 0.4) is 0 Å². The molecule has 6 nitrogen and oxygen atoms in total. The zero-order valence-corrected chi connectivity index (χ0v) is 13.1. The van der Waals surface area contributed by atoms with Gasteiger partial charge in [-0.3, -0.25) is 4.79 Å². The van der Waals surface area contributed by atoms with Gasteiger partial charge in [-0.05, 0) is 44.0 Å². The van der Waals surface area contributed by atoms with Crippen molar-refractivity contribution in [1.29, 1.82) is 5.26 Å². The van der Waals surface area contributed by atoms with Crippen LogP contribution in [0.2, 0.25) is 0 Å². The van der Waals surface area contributed by atoms with E-state index in [0.717, 1.165) is 11.1 Å². The van der Waals surface area contributed by atoms with E-state index in [1.165, 1.54) is 10.9 Å².